The lowest BCUT2D eigenvalue weighted by atomic mass is 10.2. The van der Waals surface area contributed by atoms with E-state index in [1.807, 2.05) is 12.2 Å². The Kier molecular flexibility index (Phi) is 8.44. The van der Waals surface area contributed by atoms with Gasteiger partial charge >= 0.3 is 5.97 Å². The van der Waals surface area contributed by atoms with Crippen molar-refractivity contribution < 1.29 is 9.53 Å². The van der Waals surface area contributed by atoms with Crippen molar-refractivity contribution in [3.05, 3.63) is 36.0 Å². The highest BCUT2D eigenvalue weighted by atomic mass is 16.5. The highest BCUT2D eigenvalue weighted by Gasteiger charge is 1.89. The van der Waals surface area contributed by atoms with Gasteiger partial charge in [-0.15, -0.1) is 0 Å². The first-order chi connectivity index (χ1) is 7.16. The smallest absolute Gasteiger partial charge is 0.330 e. The molecule has 0 aliphatic heterocycles. The third kappa shape index (κ3) is 10.6. The quantitative estimate of drug-likeness (QED) is 0.220. The van der Waals surface area contributed by atoms with Gasteiger partial charge in [0.2, 0.25) is 0 Å². The van der Waals surface area contributed by atoms with Gasteiger partial charge in [0, 0.05) is 6.08 Å². The van der Waals surface area contributed by atoms with Crippen LogP contribution in [0.15, 0.2) is 36.0 Å². The Bertz CT molecular complexity index is 256. The van der Waals surface area contributed by atoms with Crippen LogP contribution in [-0.2, 0) is 9.53 Å². The number of unbranched alkanes of at least 4 members (excludes halogenated alkanes) is 1. The second kappa shape index (κ2) is 9.25. The van der Waals surface area contributed by atoms with E-state index in [0.29, 0.717) is 6.61 Å². The molecule has 0 aliphatic carbocycles. The van der Waals surface area contributed by atoms with Crippen molar-refractivity contribution in [3.8, 4) is 0 Å². The van der Waals surface area contributed by atoms with Gasteiger partial charge in [0.15, 0.2) is 0 Å². The summed E-state index contributed by atoms with van der Waals surface area (Å²) in [5, 5.41) is 0. The van der Waals surface area contributed by atoms with Crippen molar-refractivity contribution in [2.45, 2.75) is 33.6 Å². The number of esters is 1. The molecule has 0 aromatic heterocycles. The van der Waals surface area contributed by atoms with Crippen molar-refractivity contribution in [2.75, 3.05) is 6.61 Å². The summed E-state index contributed by atoms with van der Waals surface area (Å²) in [5.74, 6) is -0.286. The molecule has 0 fully saturated rings. The molecule has 0 saturated carbocycles. The summed E-state index contributed by atoms with van der Waals surface area (Å²) in [5.41, 5.74) is 1.34. The maximum atomic E-state index is 10.9. The Hall–Kier alpha value is -1.31. The second-order valence-corrected chi connectivity index (χ2v) is 3.40. The molecule has 0 spiro atoms. The van der Waals surface area contributed by atoms with Crippen LogP contribution >= 0.6 is 0 Å². The second-order valence-electron chi connectivity index (χ2n) is 3.40. The fraction of sp³-hybridized carbons (Fsp3) is 0.462. The predicted octanol–water partition coefficient (Wildman–Crippen LogP) is 3.41. The van der Waals surface area contributed by atoms with E-state index in [1.165, 1.54) is 11.6 Å². The average Bonchev–Trinajstić information content (AvgIpc) is 2.16. The number of carbonyl (C=O) groups is 1. The van der Waals surface area contributed by atoms with Gasteiger partial charge in [-0.1, -0.05) is 29.9 Å². The number of carbonyl (C=O) groups excluding carboxylic acids is 1. The lowest BCUT2D eigenvalue weighted by Crippen LogP contribution is -1.98. The summed E-state index contributed by atoms with van der Waals surface area (Å²) in [6.45, 7) is 6.39. The summed E-state index contributed by atoms with van der Waals surface area (Å²) in [4.78, 5) is 10.9. The highest BCUT2D eigenvalue weighted by Crippen LogP contribution is 1.97. The van der Waals surface area contributed by atoms with Crippen LogP contribution in [-0.4, -0.2) is 12.6 Å². The van der Waals surface area contributed by atoms with Crippen LogP contribution in [0.3, 0.4) is 0 Å². The monoisotopic (exact) mass is 208 g/mol. The van der Waals surface area contributed by atoms with Gasteiger partial charge < -0.3 is 4.74 Å². The molecule has 0 bridgehead atoms. The van der Waals surface area contributed by atoms with E-state index in [-0.39, 0.29) is 5.97 Å². The summed E-state index contributed by atoms with van der Waals surface area (Å²) < 4.78 is 4.73. The minimum absolute atomic E-state index is 0.286. The van der Waals surface area contributed by atoms with Gasteiger partial charge in [-0.3, -0.25) is 0 Å². The summed E-state index contributed by atoms with van der Waals surface area (Å²) in [7, 11) is 0. The van der Waals surface area contributed by atoms with Gasteiger partial charge in [-0.2, -0.15) is 0 Å². The summed E-state index contributed by atoms with van der Waals surface area (Å²) >= 11 is 0. The first-order valence-corrected chi connectivity index (χ1v) is 5.30. The average molecular weight is 208 g/mol. The van der Waals surface area contributed by atoms with Crippen LogP contribution in [0.25, 0.3) is 0 Å². The molecule has 0 unspecified atom stereocenters. The van der Waals surface area contributed by atoms with Gasteiger partial charge in [-0.25, -0.2) is 4.79 Å². The van der Waals surface area contributed by atoms with Crippen LogP contribution in [0.4, 0.5) is 0 Å². The van der Waals surface area contributed by atoms with Crippen LogP contribution in [0.1, 0.15) is 33.6 Å². The molecular weight excluding hydrogens is 188 g/mol. The minimum atomic E-state index is -0.286. The Labute approximate surface area is 92.3 Å². The minimum Gasteiger partial charge on any atom is -0.463 e. The third-order valence-corrected chi connectivity index (χ3v) is 1.65. The number of ether oxygens (including phenoxy) is 1. The maximum absolute atomic E-state index is 10.9. The van der Waals surface area contributed by atoms with Crippen LogP contribution in [0.5, 0.6) is 0 Å². The van der Waals surface area contributed by atoms with Gasteiger partial charge in [0.1, 0.15) is 0 Å². The molecule has 0 aromatic carbocycles. The van der Waals surface area contributed by atoms with Gasteiger partial charge in [0.25, 0.3) is 0 Å². The summed E-state index contributed by atoms with van der Waals surface area (Å²) in [6, 6.07) is 0. The van der Waals surface area contributed by atoms with Gasteiger partial charge in [-0.05, 0) is 33.6 Å². The molecule has 0 aromatic rings. The molecule has 0 heterocycles. The molecule has 2 nitrogen and oxygen atoms in total. The lowest BCUT2D eigenvalue weighted by molar-refractivity contribution is -0.137. The van der Waals surface area contributed by atoms with Crippen LogP contribution in [0.2, 0.25) is 0 Å². The zero-order valence-electron chi connectivity index (χ0n) is 9.82. The number of hydrogen-bond donors (Lipinski definition) is 0. The number of rotatable bonds is 6. The SMILES string of the molecule is CCOC(=O)/C=C/C=C\CCC=C(C)C. The molecule has 0 atom stereocenters. The molecule has 0 saturated heterocycles. The Morgan fingerprint density at radius 3 is 2.53 bits per heavy atom. The largest absolute Gasteiger partial charge is 0.463 e. The lowest BCUT2D eigenvalue weighted by Gasteiger charge is -1.92. The molecule has 0 aliphatic rings. The van der Waals surface area contributed by atoms with E-state index in [9.17, 15) is 4.79 Å². The Morgan fingerprint density at radius 1 is 1.20 bits per heavy atom. The molecular formula is C13H20O2. The molecule has 0 N–H and O–H groups in total. The number of allylic oxidation sites excluding steroid dienone is 5. The number of hydrogen-bond acceptors (Lipinski definition) is 2. The fourth-order valence-electron chi connectivity index (χ4n) is 0.968. The van der Waals surface area contributed by atoms with Crippen LogP contribution in [0, 0.1) is 0 Å². The van der Waals surface area contributed by atoms with E-state index in [4.69, 9.17) is 4.74 Å². The molecule has 0 amide bonds. The van der Waals surface area contributed by atoms with Crippen LogP contribution < -0.4 is 0 Å². The predicted molar refractivity (Wildman–Crippen MR) is 63.6 cm³/mol. The maximum Gasteiger partial charge on any atom is 0.330 e. The van der Waals surface area contributed by atoms with E-state index in [2.05, 4.69) is 19.9 Å². The standard InChI is InChI=1S/C13H20O2/c1-4-15-13(14)11-9-7-5-6-8-10-12(2)3/h5,7,9-11H,4,6,8H2,1-3H3/b7-5-,11-9+. The first-order valence-electron chi connectivity index (χ1n) is 5.30. The van der Waals surface area contributed by atoms with E-state index in [0.717, 1.165) is 12.8 Å². The van der Waals surface area contributed by atoms with Crippen molar-refractivity contribution in [3.63, 3.8) is 0 Å². The third-order valence-electron chi connectivity index (χ3n) is 1.65. The molecule has 15 heavy (non-hydrogen) atoms. The normalized spacial score (nSPS) is 10.9. The zero-order chi connectivity index (χ0) is 11.5. The first kappa shape index (κ1) is 13.7. The Morgan fingerprint density at radius 2 is 1.93 bits per heavy atom. The molecule has 84 valence electrons. The van der Waals surface area contributed by atoms with Crippen molar-refractivity contribution in [2.24, 2.45) is 0 Å². The van der Waals surface area contributed by atoms with E-state index in [1.54, 1.807) is 13.0 Å². The van der Waals surface area contributed by atoms with Gasteiger partial charge in [0.05, 0.1) is 6.61 Å². The van der Waals surface area contributed by atoms with Crippen molar-refractivity contribution in [1.29, 1.82) is 0 Å². The topological polar surface area (TPSA) is 26.3 Å². The molecule has 2 heteroatoms. The van der Waals surface area contributed by atoms with Crippen molar-refractivity contribution >= 4 is 5.97 Å². The Balaban J connectivity index is 3.62. The van der Waals surface area contributed by atoms with E-state index >= 15 is 0 Å². The van der Waals surface area contributed by atoms with Crippen molar-refractivity contribution in [1.82, 2.24) is 0 Å². The highest BCUT2D eigenvalue weighted by molar-refractivity contribution is 5.82. The summed E-state index contributed by atoms with van der Waals surface area (Å²) in [6.07, 6.45) is 11.3. The fourth-order valence-corrected chi connectivity index (χ4v) is 0.968. The molecule has 0 rings (SSSR count). The zero-order valence-corrected chi connectivity index (χ0v) is 9.82. The van der Waals surface area contributed by atoms with E-state index < -0.39 is 0 Å². The molecule has 0 radical (unpaired) electrons.